The molecule has 2 aromatic carbocycles. The van der Waals surface area contributed by atoms with Gasteiger partial charge in [0.2, 0.25) is 0 Å². The van der Waals surface area contributed by atoms with Crippen LogP contribution in [0.2, 0.25) is 0 Å². The number of phenolic OH excluding ortho intramolecular Hbond substituents is 1. The Morgan fingerprint density at radius 1 is 0.900 bits per heavy atom. The van der Waals surface area contributed by atoms with Gasteiger partial charge in [-0.1, -0.05) is 24.3 Å². The molecule has 4 heteroatoms. The molecular weight excluding hydrogens is 254 g/mol. The van der Waals surface area contributed by atoms with Crippen molar-refractivity contribution in [2.45, 2.75) is 13.0 Å². The van der Waals surface area contributed by atoms with Gasteiger partial charge in [-0.05, 0) is 36.8 Å². The first-order chi connectivity index (χ1) is 9.59. The van der Waals surface area contributed by atoms with Crippen molar-refractivity contribution in [3.63, 3.8) is 0 Å². The molecule has 1 aliphatic heterocycles. The fraction of sp³-hybridized carbons (Fsp3) is 0.125. The Morgan fingerprint density at radius 2 is 1.40 bits per heavy atom. The maximum Gasteiger partial charge on any atom is 0.262 e. The number of benzene rings is 2. The lowest BCUT2D eigenvalue weighted by molar-refractivity contribution is 0.0595. The second-order valence-corrected chi connectivity index (χ2v) is 4.79. The standard InChI is InChI=1S/C16H13NO3/c1-10(11-6-8-12(18)9-7-11)17-15(19)13-4-2-3-5-14(13)16(17)20/h2-10,18H,1H3/t10-/m0/s1. The van der Waals surface area contributed by atoms with E-state index in [4.69, 9.17) is 0 Å². The van der Waals surface area contributed by atoms with Gasteiger partial charge in [0.1, 0.15) is 5.75 Å². The number of carbonyl (C=O) groups is 2. The SMILES string of the molecule is C[C@@H](c1ccc(O)cc1)N1C(=O)c2ccccc2C1=O. The normalized spacial score (nSPS) is 15.3. The fourth-order valence-electron chi connectivity index (χ4n) is 2.46. The number of imide groups is 1. The van der Waals surface area contributed by atoms with Crippen molar-refractivity contribution in [3.8, 4) is 5.75 Å². The average Bonchev–Trinajstić information content (AvgIpc) is 2.72. The lowest BCUT2D eigenvalue weighted by Crippen LogP contribution is -2.32. The van der Waals surface area contributed by atoms with Gasteiger partial charge < -0.3 is 5.11 Å². The molecule has 0 unspecified atom stereocenters. The number of aromatic hydroxyl groups is 1. The Morgan fingerprint density at radius 3 is 1.90 bits per heavy atom. The van der Waals surface area contributed by atoms with Crippen LogP contribution < -0.4 is 0 Å². The monoisotopic (exact) mass is 267 g/mol. The highest BCUT2D eigenvalue weighted by Gasteiger charge is 2.38. The quantitative estimate of drug-likeness (QED) is 0.851. The number of nitrogens with zero attached hydrogens (tertiary/aromatic N) is 1. The van der Waals surface area contributed by atoms with Gasteiger partial charge in [-0.2, -0.15) is 0 Å². The number of carbonyl (C=O) groups excluding carboxylic acids is 2. The third kappa shape index (κ3) is 1.77. The molecule has 100 valence electrons. The minimum atomic E-state index is -0.372. The summed E-state index contributed by atoms with van der Waals surface area (Å²) in [7, 11) is 0. The van der Waals surface area contributed by atoms with Crippen LogP contribution in [0.3, 0.4) is 0 Å². The summed E-state index contributed by atoms with van der Waals surface area (Å²) in [6, 6.07) is 13.0. The summed E-state index contributed by atoms with van der Waals surface area (Å²) < 4.78 is 0. The Bertz CT molecular complexity index is 656. The predicted octanol–water partition coefficient (Wildman–Crippen LogP) is 2.75. The topological polar surface area (TPSA) is 57.6 Å². The van der Waals surface area contributed by atoms with Crippen LogP contribution in [0, 0.1) is 0 Å². The zero-order valence-electron chi connectivity index (χ0n) is 10.9. The molecule has 0 spiro atoms. The van der Waals surface area contributed by atoms with Crippen LogP contribution in [0.25, 0.3) is 0 Å². The first-order valence-corrected chi connectivity index (χ1v) is 6.35. The smallest absolute Gasteiger partial charge is 0.262 e. The van der Waals surface area contributed by atoms with E-state index in [0.717, 1.165) is 5.56 Å². The molecule has 1 heterocycles. The molecule has 4 nitrogen and oxygen atoms in total. The lowest BCUT2D eigenvalue weighted by atomic mass is 10.1. The highest BCUT2D eigenvalue weighted by atomic mass is 16.3. The van der Waals surface area contributed by atoms with Crippen molar-refractivity contribution in [1.82, 2.24) is 4.90 Å². The van der Waals surface area contributed by atoms with Crippen molar-refractivity contribution in [2.24, 2.45) is 0 Å². The minimum absolute atomic E-state index is 0.156. The maximum atomic E-state index is 12.3. The first-order valence-electron chi connectivity index (χ1n) is 6.35. The molecule has 2 amide bonds. The summed E-state index contributed by atoms with van der Waals surface area (Å²) in [4.78, 5) is 26.0. The van der Waals surface area contributed by atoms with E-state index in [1.807, 2.05) is 0 Å². The molecule has 0 aromatic heterocycles. The third-order valence-corrected chi connectivity index (χ3v) is 3.59. The van der Waals surface area contributed by atoms with Gasteiger partial charge in [0.15, 0.2) is 0 Å². The molecular formula is C16H13NO3. The molecule has 1 atom stereocenters. The van der Waals surface area contributed by atoms with E-state index >= 15 is 0 Å². The van der Waals surface area contributed by atoms with E-state index in [1.54, 1.807) is 55.5 Å². The van der Waals surface area contributed by atoms with Crippen molar-refractivity contribution in [3.05, 3.63) is 65.2 Å². The number of fused-ring (bicyclic) bond motifs is 1. The summed E-state index contributed by atoms with van der Waals surface area (Å²) in [6.45, 7) is 1.80. The van der Waals surface area contributed by atoms with Gasteiger partial charge in [-0.3, -0.25) is 14.5 Å². The van der Waals surface area contributed by atoms with E-state index in [1.165, 1.54) is 4.90 Å². The fourth-order valence-corrected chi connectivity index (χ4v) is 2.46. The van der Waals surface area contributed by atoms with Crippen LogP contribution in [-0.2, 0) is 0 Å². The number of hydrogen-bond acceptors (Lipinski definition) is 3. The van der Waals surface area contributed by atoms with E-state index in [0.29, 0.717) is 11.1 Å². The van der Waals surface area contributed by atoms with Gasteiger partial charge >= 0.3 is 0 Å². The molecule has 0 radical (unpaired) electrons. The Kier molecular flexibility index (Phi) is 2.79. The summed E-state index contributed by atoms with van der Waals surface area (Å²) in [5.74, 6) is -0.388. The second kappa shape index (κ2) is 4.49. The number of phenols is 1. The van der Waals surface area contributed by atoms with Crippen LogP contribution in [0.1, 0.15) is 39.2 Å². The van der Waals surface area contributed by atoms with Crippen molar-refractivity contribution in [2.75, 3.05) is 0 Å². The van der Waals surface area contributed by atoms with Gasteiger partial charge in [0.05, 0.1) is 17.2 Å². The lowest BCUT2D eigenvalue weighted by Gasteiger charge is -2.22. The molecule has 20 heavy (non-hydrogen) atoms. The van der Waals surface area contributed by atoms with Crippen molar-refractivity contribution < 1.29 is 14.7 Å². The van der Waals surface area contributed by atoms with Gasteiger partial charge in [-0.25, -0.2) is 0 Å². The number of rotatable bonds is 2. The molecule has 1 aliphatic rings. The van der Waals surface area contributed by atoms with E-state index < -0.39 is 0 Å². The van der Waals surface area contributed by atoms with Gasteiger partial charge in [0, 0.05) is 0 Å². The van der Waals surface area contributed by atoms with Crippen LogP contribution >= 0.6 is 0 Å². The summed E-state index contributed by atoms with van der Waals surface area (Å²) in [5.41, 5.74) is 1.70. The molecule has 3 rings (SSSR count). The zero-order chi connectivity index (χ0) is 14.3. The Balaban J connectivity index is 1.98. The van der Waals surface area contributed by atoms with Crippen LogP contribution in [-0.4, -0.2) is 21.8 Å². The molecule has 0 bridgehead atoms. The average molecular weight is 267 g/mol. The summed E-state index contributed by atoms with van der Waals surface area (Å²) >= 11 is 0. The maximum absolute atomic E-state index is 12.3. The minimum Gasteiger partial charge on any atom is -0.508 e. The van der Waals surface area contributed by atoms with Gasteiger partial charge in [0.25, 0.3) is 11.8 Å². The van der Waals surface area contributed by atoms with Crippen LogP contribution in [0.4, 0.5) is 0 Å². The van der Waals surface area contributed by atoms with E-state index in [-0.39, 0.29) is 23.6 Å². The zero-order valence-corrected chi connectivity index (χ0v) is 10.9. The highest BCUT2D eigenvalue weighted by molar-refractivity contribution is 6.21. The molecule has 2 aromatic rings. The van der Waals surface area contributed by atoms with Crippen molar-refractivity contribution in [1.29, 1.82) is 0 Å². The number of amides is 2. The van der Waals surface area contributed by atoms with Crippen molar-refractivity contribution >= 4 is 11.8 Å². The van der Waals surface area contributed by atoms with Gasteiger partial charge in [-0.15, -0.1) is 0 Å². The molecule has 0 saturated heterocycles. The van der Waals surface area contributed by atoms with E-state index in [9.17, 15) is 14.7 Å². The van der Waals surface area contributed by atoms with Crippen LogP contribution in [0.15, 0.2) is 48.5 Å². The summed E-state index contributed by atoms with van der Waals surface area (Å²) in [6.07, 6.45) is 0. The second-order valence-electron chi connectivity index (χ2n) is 4.79. The largest absolute Gasteiger partial charge is 0.508 e. The molecule has 0 saturated carbocycles. The third-order valence-electron chi connectivity index (χ3n) is 3.59. The highest BCUT2D eigenvalue weighted by Crippen LogP contribution is 2.31. The first kappa shape index (κ1) is 12.4. The summed E-state index contributed by atoms with van der Waals surface area (Å²) in [5, 5.41) is 9.30. The predicted molar refractivity (Wildman–Crippen MR) is 73.5 cm³/mol. The van der Waals surface area contributed by atoms with E-state index in [2.05, 4.69) is 0 Å². The molecule has 0 fully saturated rings. The Hall–Kier alpha value is -2.62. The molecule has 1 N–H and O–H groups in total. The number of hydrogen-bond donors (Lipinski definition) is 1. The molecule has 0 aliphatic carbocycles. The van der Waals surface area contributed by atoms with Crippen LogP contribution in [0.5, 0.6) is 5.75 Å². The Labute approximate surface area is 116 Å².